The Morgan fingerprint density at radius 1 is 1.43 bits per heavy atom. The molecule has 0 spiro atoms. The lowest BCUT2D eigenvalue weighted by atomic mass is 10.0. The number of ether oxygens (including phenoxy) is 1. The van der Waals surface area contributed by atoms with Crippen LogP contribution in [-0.2, 0) is 9.53 Å². The zero-order valence-electron chi connectivity index (χ0n) is 13.6. The number of carbonyl (C=O) groups excluding carboxylic acids is 1. The summed E-state index contributed by atoms with van der Waals surface area (Å²) in [5.41, 5.74) is 0. The van der Waals surface area contributed by atoms with Crippen molar-refractivity contribution in [3.05, 3.63) is 23.8 Å². The van der Waals surface area contributed by atoms with Crippen LogP contribution in [0.15, 0.2) is 28.8 Å². The fourth-order valence-corrected chi connectivity index (χ4v) is 2.39. The highest BCUT2D eigenvalue weighted by Crippen LogP contribution is 2.17. The standard InChI is InChI=1S/C17H29NO2S/c1-5-8-9-16(6-2)14-20-17(19)11-13-21-15(4)10-12-18-7-3/h7,10,12,16H,4-6,8-9,11,13-14H2,1-3H3/b12-10-,18-7?. The lowest BCUT2D eigenvalue weighted by Gasteiger charge is -2.14. The fraction of sp³-hybridized carbons (Fsp3) is 0.647. The van der Waals surface area contributed by atoms with E-state index in [0.29, 0.717) is 24.7 Å². The molecular weight excluding hydrogens is 282 g/mol. The summed E-state index contributed by atoms with van der Waals surface area (Å²) >= 11 is 1.55. The van der Waals surface area contributed by atoms with Gasteiger partial charge in [-0.05, 0) is 25.3 Å². The lowest BCUT2D eigenvalue weighted by molar-refractivity contribution is -0.144. The van der Waals surface area contributed by atoms with Crippen LogP contribution in [0, 0.1) is 5.92 Å². The van der Waals surface area contributed by atoms with Gasteiger partial charge >= 0.3 is 5.97 Å². The zero-order chi connectivity index (χ0) is 15.9. The number of unbranched alkanes of at least 4 members (excludes halogenated alkanes) is 1. The number of esters is 1. The van der Waals surface area contributed by atoms with Gasteiger partial charge < -0.3 is 4.74 Å². The molecule has 21 heavy (non-hydrogen) atoms. The van der Waals surface area contributed by atoms with Gasteiger partial charge in [0.15, 0.2) is 0 Å². The van der Waals surface area contributed by atoms with Gasteiger partial charge in [-0.2, -0.15) is 0 Å². The topological polar surface area (TPSA) is 38.7 Å². The van der Waals surface area contributed by atoms with E-state index < -0.39 is 0 Å². The van der Waals surface area contributed by atoms with Gasteiger partial charge in [-0.25, -0.2) is 0 Å². The number of allylic oxidation sites excluding steroid dienone is 1. The summed E-state index contributed by atoms with van der Waals surface area (Å²) in [4.78, 5) is 16.5. The van der Waals surface area contributed by atoms with E-state index in [2.05, 4.69) is 25.4 Å². The average Bonchev–Trinajstić information content (AvgIpc) is 2.47. The average molecular weight is 311 g/mol. The Balaban J connectivity index is 3.77. The number of thioether (sulfide) groups is 1. The van der Waals surface area contributed by atoms with E-state index in [-0.39, 0.29) is 5.97 Å². The highest BCUT2D eigenvalue weighted by atomic mass is 32.2. The Labute approximate surface area is 133 Å². The smallest absolute Gasteiger partial charge is 0.306 e. The number of hydrogen-bond donors (Lipinski definition) is 0. The SMILES string of the molecule is C=C(/C=C\N=CC)SCCC(=O)OCC(CC)CCCC. The maximum atomic E-state index is 11.7. The third-order valence-corrected chi connectivity index (χ3v) is 4.03. The van der Waals surface area contributed by atoms with E-state index in [1.807, 2.05) is 13.0 Å². The predicted molar refractivity (Wildman–Crippen MR) is 93.8 cm³/mol. The summed E-state index contributed by atoms with van der Waals surface area (Å²) in [5.74, 6) is 1.09. The van der Waals surface area contributed by atoms with E-state index >= 15 is 0 Å². The maximum absolute atomic E-state index is 11.7. The molecular formula is C17H29NO2S. The van der Waals surface area contributed by atoms with Crippen LogP contribution < -0.4 is 0 Å². The normalized spacial score (nSPS) is 12.9. The summed E-state index contributed by atoms with van der Waals surface area (Å²) in [7, 11) is 0. The molecule has 0 heterocycles. The molecule has 0 radical (unpaired) electrons. The Morgan fingerprint density at radius 3 is 2.81 bits per heavy atom. The first-order valence-electron chi connectivity index (χ1n) is 7.75. The van der Waals surface area contributed by atoms with Crippen LogP contribution in [0.3, 0.4) is 0 Å². The predicted octanol–water partition coefficient (Wildman–Crippen LogP) is 4.99. The molecule has 0 aliphatic rings. The van der Waals surface area contributed by atoms with E-state index in [4.69, 9.17) is 4.74 Å². The molecule has 0 amide bonds. The van der Waals surface area contributed by atoms with Crippen LogP contribution >= 0.6 is 11.8 Å². The monoisotopic (exact) mass is 311 g/mol. The highest BCUT2D eigenvalue weighted by Gasteiger charge is 2.09. The molecule has 0 aromatic rings. The maximum Gasteiger partial charge on any atom is 0.306 e. The van der Waals surface area contributed by atoms with Crippen LogP contribution in [0.4, 0.5) is 0 Å². The van der Waals surface area contributed by atoms with Gasteiger partial charge in [0.2, 0.25) is 0 Å². The first kappa shape index (κ1) is 20.0. The molecule has 1 unspecified atom stereocenters. The number of carbonyl (C=O) groups is 1. The molecule has 0 fully saturated rings. The third-order valence-electron chi connectivity index (χ3n) is 3.11. The highest BCUT2D eigenvalue weighted by molar-refractivity contribution is 8.03. The molecule has 0 saturated carbocycles. The Hall–Kier alpha value is -1.03. The van der Waals surface area contributed by atoms with E-state index in [0.717, 1.165) is 17.7 Å². The third kappa shape index (κ3) is 12.4. The van der Waals surface area contributed by atoms with Crippen LogP contribution in [-0.4, -0.2) is 24.5 Å². The summed E-state index contributed by atoms with van der Waals surface area (Å²) < 4.78 is 5.35. The summed E-state index contributed by atoms with van der Waals surface area (Å²) in [6, 6.07) is 0. The van der Waals surface area contributed by atoms with E-state index in [1.54, 1.807) is 24.2 Å². The van der Waals surface area contributed by atoms with Crippen molar-refractivity contribution in [2.45, 2.75) is 52.9 Å². The molecule has 0 aliphatic carbocycles. The molecule has 120 valence electrons. The molecule has 3 nitrogen and oxygen atoms in total. The second kappa shape index (κ2) is 13.9. The van der Waals surface area contributed by atoms with Crippen molar-refractivity contribution in [2.75, 3.05) is 12.4 Å². The van der Waals surface area contributed by atoms with Crippen LogP contribution in [0.25, 0.3) is 0 Å². The van der Waals surface area contributed by atoms with Crippen molar-refractivity contribution < 1.29 is 9.53 Å². The minimum Gasteiger partial charge on any atom is -0.465 e. The van der Waals surface area contributed by atoms with Gasteiger partial charge in [-0.15, -0.1) is 11.8 Å². The van der Waals surface area contributed by atoms with Gasteiger partial charge in [0.25, 0.3) is 0 Å². The summed E-state index contributed by atoms with van der Waals surface area (Å²) in [5, 5.41) is 0. The van der Waals surface area contributed by atoms with Gasteiger partial charge in [0, 0.05) is 23.1 Å². The first-order chi connectivity index (χ1) is 10.1. The van der Waals surface area contributed by atoms with Crippen molar-refractivity contribution in [2.24, 2.45) is 10.9 Å². The van der Waals surface area contributed by atoms with Crippen molar-refractivity contribution >= 4 is 23.9 Å². The van der Waals surface area contributed by atoms with Crippen molar-refractivity contribution in [1.29, 1.82) is 0 Å². The Kier molecular flexibility index (Phi) is 13.2. The van der Waals surface area contributed by atoms with Gasteiger partial charge in [0.1, 0.15) is 0 Å². The second-order valence-corrected chi connectivity index (χ2v) is 6.11. The first-order valence-corrected chi connectivity index (χ1v) is 8.74. The minimum absolute atomic E-state index is 0.110. The van der Waals surface area contributed by atoms with Crippen molar-refractivity contribution in [1.82, 2.24) is 0 Å². The van der Waals surface area contributed by atoms with Crippen LogP contribution in [0.2, 0.25) is 0 Å². The number of aliphatic imine (C=N–C) groups is 1. The molecule has 0 saturated heterocycles. The molecule has 0 rings (SSSR count). The lowest BCUT2D eigenvalue weighted by Crippen LogP contribution is -2.14. The second-order valence-electron chi connectivity index (χ2n) is 4.89. The van der Waals surface area contributed by atoms with E-state index in [1.165, 1.54) is 12.8 Å². The Bertz CT molecular complexity index is 351. The summed E-state index contributed by atoms with van der Waals surface area (Å²) in [6.45, 7) is 10.7. The fourth-order valence-electron chi connectivity index (χ4n) is 1.71. The molecule has 0 aromatic heterocycles. The van der Waals surface area contributed by atoms with Crippen LogP contribution in [0.1, 0.15) is 52.9 Å². The van der Waals surface area contributed by atoms with Crippen molar-refractivity contribution in [3.63, 3.8) is 0 Å². The van der Waals surface area contributed by atoms with E-state index in [9.17, 15) is 4.79 Å². The molecule has 0 bridgehead atoms. The molecule has 0 aliphatic heterocycles. The van der Waals surface area contributed by atoms with Gasteiger partial charge in [-0.1, -0.05) is 39.7 Å². The largest absolute Gasteiger partial charge is 0.465 e. The minimum atomic E-state index is -0.110. The van der Waals surface area contributed by atoms with Crippen molar-refractivity contribution in [3.8, 4) is 0 Å². The quantitative estimate of drug-likeness (QED) is 0.289. The number of hydrogen-bond acceptors (Lipinski definition) is 4. The van der Waals surface area contributed by atoms with Crippen LogP contribution in [0.5, 0.6) is 0 Å². The Morgan fingerprint density at radius 2 is 2.19 bits per heavy atom. The molecule has 0 N–H and O–H groups in total. The van der Waals surface area contributed by atoms with Gasteiger partial charge in [0.05, 0.1) is 13.0 Å². The molecule has 4 heteroatoms. The zero-order valence-corrected chi connectivity index (χ0v) is 14.5. The molecule has 0 aromatic carbocycles. The van der Waals surface area contributed by atoms with Gasteiger partial charge in [-0.3, -0.25) is 9.79 Å². The number of nitrogens with zero attached hydrogens (tertiary/aromatic N) is 1. The number of rotatable bonds is 12. The molecule has 1 atom stereocenters. The summed E-state index contributed by atoms with van der Waals surface area (Å²) in [6.07, 6.45) is 10.3.